The number of halogens is 1. The van der Waals surface area contributed by atoms with Crippen LogP contribution < -0.4 is 11.1 Å². The summed E-state index contributed by atoms with van der Waals surface area (Å²) in [5.74, 6) is 0. The Hall–Kier alpha value is -0.710. The summed E-state index contributed by atoms with van der Waals surface area (Å²) in [5.41, 5.74) is 6.68. The Bertz CT molecular complexity index is 337. The van der Waals surface area contributed by atoms with Crippen molar-refractivity contribution in [1.82, 2.24) is 15.3 Å². The molecule has 16 heavy (non-hydrogen) atoms. The highest BCUT2D eigenvalue weighted by molar-refractivity contribution is 6.29. The number of hydrogen-bond donors (Lipinski definition) is 2. The molecule has 1 saturated carbocycles. The van der Waals surface area contributed by atoms with Crippen LogP contribution in [0.1, 0.15) is 31.4 Å². The molecule has 3 N–H and O–H groups in total. The molecule has 0 unspecified atom stereocenters. The fraction of sp³-hybridized carbons (Fsp3) is 0.636. The van der Waals surface area contributed by atoms with Crippen molar-refractivity contribution in [3.8, 4) is 0 Å². The van der Waals surface area contributed by atoms with Crippen LogP contribution in [0, 0.1) is 0 Å². The van der Waals surface area contributed by atoms with Crippen LogP contribution >= 0.6 is 11.6 Å². The quantitative estimate of drug-likeness (QED) is 0.840. The second-order valence-corrected chi connectivity index (χ2v) is 4.64. The largest absolute Gasteiger partial charge is 0.328 e. The van der Waals surface area contributed by atoms with Gasteiger partial charge in [-0.15, -0.1) is 0 Å². The first kappa shape index (κ1) is 11.8. The summed E-state index contributed by atoms with van der Waals surface area (Å²) in [6, 6.07) is 0.927. The molecule has 1 heterocycles. The lowest BCUT2D eigenvalue weighted by molar-refractivity contribution is 0.340. The second kappa shape index (κ2) is 5.57. The molecule has 5 heteroatoms. The zero-order valence-corrected chi connectivity index (χ0v) is 9.95. The Labute approximate surface area is 101 Å². The predicted octanol–water partition coefficient (Wildman–Crippen LogP) is 1.49. The van der Waals surface area contributed by atoms with Gasteiger partial charge in [0.1, 0.15) is 0 Å². The lowest BCUT2D eigenvalue weighted by Gasteiger charge is -2.26. The van der Waals surface area contributed by atoms with Gasteiger partial charge >= 0.3 is 0 Å². The molecule has 0 bridgehead atoms. The van der Waals surface area contributed by atoms with Crippen LogP contribution in [0.2, 0.25) is 5.15 Å². The first-order valence-electron chi connectivity index (χ1n) is 5.70. The Morgan fingerprint density at radius 2 is 1.94 bits per heavy atom. The Kier molecular flexibility index (Phi) is 4.09. The molecular formula is C11H17ClN4. The third-order valence-electron chi connectivity index (χ3n) is 3.05. The molecule has 0 spiro atoms. The van der Waals surface area contributed by atoms with E-state index in [1.807, 2.05) is 0 Å². The summed E-state index contributed by atoms with van der Waals surface area (Å²) < 4.78 is 0. The zero-order chi connectivity index (χ0) is 11.4. The van der Waals surface area contributed by atoms with Gasteiger partial charge in [-0.05, 0) is 25.7 Å². The van der Waals surface area contributed by atoms with Gasteiger partial charge in [-0.25, -0.2) is 4.98 Å². The second-order valence-electron chi connectivity index (χ2n) is 4.29. The topological polar surface area (TPSA) is 63.8 Å². The van der Waals surface area contributed by atoms with Gasteiger partial charge in [0.05, 0.1) is 5.69 Å². The number of aromatic nitrogens is 2. The van der Waals surface area contributed by atoms with E-state index >= 15 is 0 Å². The molecule has 88 valence electrons. The van der Waals surface area contributed by atoms with Gasteiger partial charge in [0.15, 0.2) is 5.15 Å². The predicted molar refractivity (Wildman–Crippen MR) is 64.1 cm³/mol. The molecule has 0 aliphatic heterocycles. The molecule has 1 fully saturated rings. The van der Waals surface area contributed by atoms with E-state index in [-0.39, 0.29) is 0 Å². The number of nitrogens with zero attached hydrogens (tertiary/aromatic N) is 2. The van der Waals surface area contributed by atoms with Crippen LogP contribution in [0.4, 0.5) is 0 Å². The highest BCUT2D eigenvalue weighted by Gasteiger charge is 2.18. The van der Waals surface area contributed by atoms with E-state index < -0.39 is 0 Å². The minimum atomic E-state index is 0.387. The number of nitrogens with two attached hydrogens (primary N) is 1. The van der Waals surface area contributed by atoms with E-state index in [2.05, 4.69) is 15.3 Å². The molecule has 4 nitrogen and oxygen atoms in total. The molecular weight excluding hydrogens is 224 g/mol. The van der Waals surface area contributed by atoms with Crippen molar-refractivity contribution in [2.75, 3.05) is 0 Å². The van der Waals surface area contributed by atoms with Gasteiger partial charge in [0.25, 0.3) is 0 Å². The summed E-state index contributed by atoms with van der Waals surface area (Å²) in [6.45, 7) is 0.687. The van der Waals surface area contributed by atoms with Gasteiger partial charge in [-0.3, -0.25) is 4.98 Å². The van der Waals surface area contributed by atoms with Crippen molar-refractivity contribution in [3.05, 3.63) is 23.2 Å². The molecule has 2 rings (SSSR count). The summed E-state index contributed by atoms with van der Waals surface area (Å²) in [6.07, 6.45) is 7.75. The average molecular weight is 241 g/mol. The maximum absolute atomic E-state index is 5.93. The van der Waals surface area contributed by atoms with Crippen LogP contribution in [0.3, 0.4) is 0 Å². The Balaban J connectivity index is 1.81. The van der Waals surface area contributed by atoms with Crippen LogP contribution in [0.5, 0.6) is 0 Å². The molecule has 0 aromatic carbocycles. The van der Waals surface area contributed by atoms with E-state index in [4.69, 9.17) is 17.3 Å². The molecule has 1 aromatic heterocycles. The van der Waals surface area contributed by atoms with E-state index in [1.54, 1.807) is 12.4 Å². The molecule has 1 aliphatic rings. The minimum absolute atomic E-state index is 0.387. The summed E-state index contributed by atoms with van der Waals surface area (Å²) in [7, 11) is 0. The SMILES string of the molecule is NC1CCC(NCc2nccnc2Cl)CC1. The lowest BCUT2D eigenvalue weighted by atomic mass is 9.92. The molecule has 0 amide bonds. The van der Waals surface area contributed by atoms with E-state index in [0.29, 0.717) is 23.8 Å². The Morgan fingerprint density at radius 3 is 2.62 bits per heavy atom. The van der Waals surface area contributed by atoms with Crippen molar-refractivity contribution in [2.24, 2.45) is 5.73 Å². The van der Waals surface area contributed by atoms with Crippen molar-refractivity contribution in [1.29, 1.82) is 0 Å². The lowest BCUT2D eigenvalue weighted by Crippen LogP contribution is -2.37. The van der Waals surface area contributed by atoms with Crippen molar-refractivity contribution >= 4 is 11.6 Å². The summed E-state index contributed by atoms with van der Waals surface area (Å²) in [4.78, 5) is 8.19. The first-order chi connectivity index (χ1) is 7.75. The highest BCUT2D eigenvalue weighted by atomic mass is 35.5. The third-order valence-corrected chi connectivity index (χ3v) is 3.37. The normalized spacial score (nSPS) is 25.6. The van der Waals surface area contributed by atoms with Gasteiger partial charge in [0.2, 0.25) is 0 Å². The van der Waals surface area contributed by atoms with Crippen LogP contribution in [-0.2, 0) is 6.54 Å². The average Bonchev–Trinajstić information content (AvgIpc) is 2.30. The smallest absolute Gasteiger partial charge is 0.151 e. The van der Waals surface area contributed by atoms with Crippen LogP contribution in [0.25, 0.3) is 0 Å². The summed E-state index contributed by atoms with van der Waals surface area (Å²) in [5, 5.41) is 3.95. The van der Waals surface area contributed by atoms with E-state index in [0.717, 1.165) is 31.4 Å². The van der Waals surface area contributed by atoms with Gasteiger partial charge in [0, 0.05) is 31.0 Å². The number of hydrogen-bond acceptors (Lipinski definition) is 4. The van der Waals surface area contributed by atoms with E-state index in [1.165, 1.54) is 0 Å². The van der Waals surface area contributed by atoms with Gasteiger partial charge < -0.3 is 11.1 Å². The Morgan fingerprint density at radius 1 is 1.25 bits per heavy atom. The zero-order valence-electron chi connectivity index (χ0n) is 9.19. The standard InChI is InChI=1S/C11H17ClN4/c12-11-10(14-5-6-15-11)7-16-9-3-1-8(13)2-4-9/h5-6,8-9,16H,1-4,7,13H2. The highest BCUT2D eigenvalue weighted by Crippen LogP contribution is 2.17. The minimum Gasteiger partial charge on any atom is -0.328 e. The molecule has 0 atom stereocenters. The number of nitrogens with one attached hydrogen (secondary N) is 1. The third kappa shape index (κ3) is 3.14. The number of rotatable bonds is 3. The maximum atomic E-state index is 5.93. The van der Waals surface area contributed by atoms with E-state index in [9.17, 15) is 0 Å². The van der Waals surface area contributed by atoms with Gasteiger partial charge in [-0.2, -0.15) is 0 Å². The van der Waals surface area contributed by atoms with Crippen LogP contribution in [-0.4, -0.2) is 22.1 Å². The fourth-order valence-corrected chi connectivity index (χ4v) is 2.20. The molecule has 0 saturated heterocycles. The molecule has 0 radical (unpaired) electrons. The summed E-state index contributed by atoms with van der Waals surface area (Å²) >= 11 is 5.93. The molecule has 1 aliphatic carbocycles. The van der Waals surface area contributed by atoms with Crippen molar-refractivity contribution in [3.63, 3.8) is 0 Å². The maximum Gasteiger partial charge on any atom is 0.151 e. The first-order valence-corrected chi connectivity index (χ1v) is 6.08. The van der Waals surface area contributed by atoms with Crippen LogP contribution in [0.15, 0.2) is 12.4 Å². The fourth-order valence-electron chi connectivity index (χ4n) is 2.03. The van der Waals surface area contributed by atoms with Crippen molar-refractivity contribution < 1.29 is 0 Å². The van der Waals surface area contributed by atoms with Crippen molar-refractivity contribution in [2.45, 2.75) is 44.3 Å². The molecule has 1 aromatic rings. The van der Waals surface area contributed by atoms with Gasteiger partial charge in [-0.1, -0.05) is 11.6 Å². The monoisotopic (exact) mass is 240 g/mol.